The third-order valence-electron chi connectivity index (χ3n) is 6.12. The number of hydrogen-bond donors (Lipinski definition) is 4. The van der Waals surface area contributed by atoms with Crippen LogP contribution in [0.15, 0.2) is 0 Å². The van der Waals surface area contributed by atoms with E-state index in [0.717, 1.165) is 0 Å². The highest BCUT2D eigenvalue weighted by Gasteiger charge is 2.52. The second-order valence-corrected chi connectivity index (χ2v) is 10.4. The second kappa shape index (κ2) is 7.08. The summed E-state index contributed by atoms with van der Waals surface area (Å²) in [6.45, 7) is 12.7. The van der Waals surface area contributed by atoms with Gasteiger partial charge in [0, 0.05) is 21.9 Å². The van der Waals surface area contributed by atoms with Gasteiger partial charge in [-0.1, -0.05) is 27.7 Å². The van der Waals surface area contributed by atoms with Gasteiger partial charge in [-0.05, 0) is 52.9 Å². The lowest BCUT2D eigenvalue weighted by molar-refractivity contribution is -0.151. The molecule has 1 saturated heterocycles. The van der Waals surface area contributed by atoms with E-state index >= 15 is 0 Å². The van der Waals surface area contributed by atoms with Gasteiger partial charge >= 0.3 is 5.97 Å². The summed E-state index contributed by atoms with van der Waals surface area (Å²) in [5.41, 5.74) is 8.02. The van der Waals surface area contributed by atoms with Gasteiger partial charge in [0.2, 0.25) is 11.8 Å². The fourth-order valence-electron chi connectivity index (χ4n) is 4.96. The maximum atomic E-state index is 12.2. The van der Waals surface area contributed by atoms with Crippen molar-refractivity contribution < 1.29 is 19.5 Å². The summed E-state index contributed by atoms with van der Waals surface area (Å²) in [5, 5.41) is 12.9. The number of carbonyl (C=O) groups excluding carboxylic acids is 2. The molecule has 0 aliphatic carbocycles. The molecule has 0 aromatic rings. The summed E-state index contributed by atoms with van der Waals surface area (Å²) in [5.74, 6) is -1.47. The lowest BCUT2D eigenvalue weighted by atomic mass is 9.65. The van der Waals surface area contributed by atoms with Gasteiger partial charge in [0.15, 0.2) is 0 Å². The zero-order valence-electron chi connectivity index (χ0n) is 17.9. The van der Waals surface area contributed by atoms with Crippen molar-refractivity contribution in [2.75, 3.05) is 0 Å². The Morgan fingerprint density at radius 2 is 1.63 bits per heavy atom. The van der Waals surface area contributed by atoms with Crippen molar-refractivity contribution >= 4 is 17.8 Å². The predicted octanol–water partition coefficient (Wildman–Crippen LogP) is 2.17. The van der Waals surface area contributed by atoms with Gasteiger partial charge in [-0.3, -0.25) is 14.4 Å². The molecule has 1 heterocycles. The van der Waals surface area contributed by atoms with Crippen molar-refractivity contribution in [2.45, 2.75) is 91.6 Å². The summed E-state index contributed by atoms with van der Waals surface area (Å²) in [6, 6.07) is 0. The predicted molar refractivity (Wildman–Crippen MR) is 105 cm³/mol. The van der Waals surface area contributed by atoms with Crippen molar-refractivity contribution in [3.63, 3.8) is 0 Å². The normalized spacial score (nSPS) is 28.5. The molecule has 4 unspecified atom stereocenters. The third-order valence-corrected chi connectivity index (χ3v) is 6.12. The molecular formula is C20H37N3O4. The molecule has 0 spiro atoms. The number of carboxylic acids is 1. The van der Waals surface area contributed by atoms with Crippen LogP contribution < -0.4 is 16.8 Å². The van der Waals surface area contributed by atoms with Crippen molar-refractivity contribution in [1.29, 1.82) is 0 Å². The Balaban J connectivity index is 3.09. The van der Waals surface area contributed by atoms with E-state index in [-0.39, 0.29) is 18.7 Å². The van der Waals surface area contributed by atoms with Crippen LogP contribution in [0.5, 0.6) is 0 Å². The van der Waals surface area contributed by atoms with Gasteiger partial charge in [0.1, 0.15) is 0 Å². The fourth-order valence-corrected chi connectivity index (χ4v) is 4.96. The Hall–Kier alpha value is -1.63. The maximum Gasteiger partial charge on any atom is 0.309 e. The average molecular weight is 384 g/mol. The Kier molecular flexibility index (Phi) is 6.14. The van der Waals surface area contributed by atoms with Crippen LogP contribution in [0.2, 0.25) is 0 Å². The number of carboxylic acid groups (broad SMARTS) is 1. The molecule has 156 valence electrons. The van der Waals surface area contributed by atoms with Gasteiger partial charge in [0.25, 0.3) is 0 Å². The molecule has 1 aliphatic heterocycles. The van der Waals surface area contributed by atoms with E-state index in [1.54, 1.807) is 20.8 Å². The number of nitrogens with two attached hydrogens (primary N) is 2. The van der Waals surface area contributed by atoms with E-state index in [1.807, 2.05) is 27.7 Å². The van der Waals surface area contributed by atoms with Crippen molar-refractivity contribution in [3.05, 3.63) is 0 Å². The minimum atomic E-state index is -1.15. The first-order valence-corrected chi connectivity index (χ1v) is 9.55. The highest BCUT2D eigenvalue weighted by molar-refractivity contribution is 5.85. The molecule has 0 saturated carbocycles. The molecule has 4 atom stereocenters. The molecule has 1 fully saturated rings. The van der Waals surface area contributed by atoms with Crippen LogP contribution in [0.25, 0.3) is 0 Å². The van der Waals surface area contributed by atoms with E-state index in [2.05, 4.69) is 5.32 Å². The van der Waals surface area contributed by atoms with E-state index in [4.69, 9.17) is 11.5 Å². The lowest BCUT2D eigenvalue weighted by Gasteiger charge is -2.42. The molecule has 6 N–H and O–H groups in total. The van der Waals surface area contributed by atoms with Crippen LogP contribution in [0.4, 0.5) is 0 Å². The number of nitrogens with one attached hydrogen (secondary N) is 1. The highest BCUT2D eigenvalue weighted by atomic mass is 16.4. The molecule has 2 amide bonds. The minimum Gasteiger partial charge on any atom is -0.481 e. The smallest absolute Gasteiger partial charge is 0.309 e. The quantitative estimate of drug-likeness (QED) is 0.484. The summed E-state index contributed by atoms with van der Waals surface area (Å²) >= 11 is 0. The molecule has 1 aliphatic rings. The number of rotatable bonds is 9. The largest absolute Gasteiger partial charge is 0.481 e. The molecule has 0 aromatic heterocycles. The van der Waals surface area contributed by atoms with Crippen LogP contribution in [0, 0.1) is 16.2 Å². The monoisotopic (exact) mass is 383 g/mol. The summed E-state index contributed by atoms with van der Waals surface area (Å²) < 4.78 is 0. The van der Waals surface area contributed by atoms with Crippen molar-refractivity contribution in [3.8, 4) is 0 Å². The van der Waals surface area contributed by atoms with Crippen LogP contribution in [0.3, 0.4) is 0 Å². The number of carbonyl (C=O) groups is 3. The lowest BCUT2D eigenvalue weighted by Crippen LogP contribution is -2.52. The number of hydrogen-bond acceptors (Lipinski definition) is 4. The van der Waals surface area contributed by atoms with Crippen LogP contribution in [-0.2, 0) is 14.4 Å². The Labute approximate surface area is 162 Å². The van der Waals surface area contributed by atoms with E-state index in [0.29, 0.717) is 19.3 Å². The molecular weight excluding hydrogens is 346 g/mol. The second-order valence-electron chi connectivity index (χ2n) is 10.4. The van der Waals surface area contributed by atoms with Crippen molar-refractivity contribution in [1.82, 2.24) is 5.32 Å². The fraction of sp³-hybridized carbons (Fsp3) is 0.850. The first-order valence-electron chi connectivity index (χ1n) is 9.55. The zero-order chi connectivity index (χ0) is 21.5. The maximum absolute atomic E-state index is 12.2. The van der Waals surface area contributed by atoms with E-state index in [1.165, 1.54) is 0 Å². The summed E-state index contributed by atoms with van der Waals surface area (Å²) in [4.78, 5) is 36.3. The molecule has 0 radical (unpaired) electrons. The van der Waals surface area contributed by atoms with E-state index in [9.17, 15) is 19.5 Å². The van der Waals surface area contributed by atoms with Crippen LogP contribution in [0.1, 0.15) is 80.6 Å². The van der Waals surface area contributed by atoms with Gasteiger partial charge in [0.05, 0.1) is 5.41 Å². The van der Waals surface area contributed by atoms with Crippen LogP contribution in [-0.4, -0.2) is 34.0 Å². The summed E-state index contributed by atoms with van der Waals surface area (Å²) in [6.07, 6.45) is 1.81. The number of primary amides is 1. The van der Waals surface area contributed by atoms with E-state index < -0.39 is 39.2 Å². The first-order chi connectivity index (χ1) is 11.9. The number of aliphatic carboxylic acids is 1. The molecule has 0 aromatic carbocycles. The molecule has 7 heteroatoms. The average Bonchev–Trinajstić information content (AvgIpc) is 2.64. The SMILES string of the molecule is CCC(C)(CC(C)(N)CC(C)(CC1(C)CC(C)(C)C(=O)N1)C(=O)O)C(N)=O. The Bertz CT molecular complexity index is 631. The molecule has 7 nitrogen and oxygen atoms in total. The van der Waals surface area contributed by atoms with Gasteiger partial charge in [-0.15, -0.1) is 0 Å². The summed E-state index contributed by atoms with van der Waals surface area (Å²) in [7, 11) is 0. The molecule has 1 rings (SSSR count). The Morgan fingerprint density at radius 1 is 1.15 bits per heavy atom. The third kappa shape index (κ3) is 5.21. The zero-order valence-corrected chi connectivity index (χ0v) is 17.9. The first kappa shape index (κ1) is 23.4. The van der Waals surface area contributed by atoms with Gasteiger partial charge < -0.3 is 21.9 Å². The van der Waals surface area contributed by atoms with Gasteiger partial charge in [-0.25, -0.2) is 0 Å². The Morgan fingerprint density at radius 3 is 1.96 bits per heavy atom. The highest BCUT2D eigenvalue weighted by Crippen LogP contribution is 2.45. The topological polar surface area (TPSA) is 136 Å². The van der Waals surface area contributed by atoms with Gasteiger partial charge in [-0.2, -0.15) is 0 Å². The standard InChI is InChI=1S/C20H37N3O4/c1-8-17(4,13(21)24)10-19(6,22)11-18(5,15(26)27)12-20(7)9-16(2,3)14(25)23-20/h8-12,22H2,1-7H3,(H2,21,24)(H,23,25)(H,26,27). The number of amides is 2. The molecule has 0 bridgehead atoms. The minimum absolute atomic E-state index is 0.0689. The van der Waals surface area contributed by atoms with Crippen LogP contribution >= 0.6 is 0 Å². The molecule has 27 heavy (non-hydrogen) atoms. The van der Waals surface area contributed by atoms with Crippen molar-refractivity contribution in [2.24, 2.45) is 27.7 Å².